The van der Waals surface area contributed by atoms with Crippen LogP contribution in [-0.2, 0) is 4.79 Å². The molecule has 2 heterocycles. The molecule has 1 aromatic rings. The summed E-state index contributed by atoms with van der Waals surface area (Å²) in [5.74, 6) is 0.764. The molecule has 92 valence electrons. The number of carbonyl (C=O) groups is 1. The number of aryl methyl sites for hydroxylation is 1. The second-order valence-electron chi connectivity index (χ2n) is 4.12. The summed E-state index contributed by atoms with van der Waals surface area (Å²) in [5.41, 5.74) is 1.05. The van der Waals surface area contributed by atoms with Gasteiger partial charge in [0.15, 0.2) is 5.82 Å². The molecule has 6 heteroatoms. The summed E-state index contributed by atoms with van der Waals surface area (Å²) in [6, 6.07) is 1.73. The largest absolute Gasteiger partial charge is 0.357 e. The number of anilines is 1. The van der Waals surface area contributed by atoms with Gasteiger partial charge in [-0.1, -0.05) is 0 Å². The van der Waals surface area contributed by atoms with Crippen molar-refractivity contribution in [1.82, 2.24) is 20.8 Å². The van der Waals surface area contributed by atoms with E-state index in [1.165, 1.54) is 0 Å². The van der Waals surface area contributed by atoms with Crippen LogP contribution in [0.5, 0.6) is 0 Å². The maximum absolute atomic E-state index is 11.8. The molecule has 1 unspecified atom stereocenters. The minimum absolute atomic E-state index is 0.000469. The van der Waals surface area contributed by atoms with Gasteiger partial charge in [0.2, 0.25) is 5.91 Å². The molecule has 0 spiro atoms. The van der Waals surface area contributed by atoms with Crippen LogP contribution < -0.4 is 15.5 Å². The van der Waals surface area contributed by atoms with Crippen LogP contribution in [0.3, 0.4) is 0 Å². The number of rotatable bonds is 2. The lowest BCUT2D eigenvalue weighted by molar-refractivity contribution is -0.122. The van der Waals surface area contributed by atoms with E-state index in [-0.39, 0.29) is 11.9 Å². The van der Waals surface area contributed by atoms with Crippen molar-refractivity contribution in [3.8, 4) is 0 Å². The van der Waals surface area contributed by atoms with Crippen molar-refractivity contribution >= 4 is 11.7 Å². The predicted octanol–water partition coefficient (Wildman–Crippen LogP) is -0.691. The van der Waals surface area contributed by atoms with Gasteiger partial charge in [-0.05, 0) is 18.6 Å². The second kappa shape index (κ2) is 5.09. The van der Waals surface area contributed by atoms with Gasteiger partial charge in [0.1, 0.15) is 6.04 Å². The molecule has 6 nitrogen and oxygen atoms in total. The number of aromatic nitrogens is 2. The molecule has 1 amide bonds. The molecule has 1 aromatic heterocycles. The highest BCUT2D eigenvalue weighted by atomic mass is 16.2. The van der Waals surface area contributed by atoms with Gasteiger partial charge >= 0.3 is 0 Å². The highest BCUT2D eigenvalue weighted by Crippen LogP contribution is 2.15. The number of piperazine rings is 1. The normalized spacial score (nSPS) is 20.1. The second-order valence-corrected chi connectivity index (χ2v) is 4.12. The Morgan fingerprint density at radius 2 is 2.47 bits per heavy atom. The van der Waals surface area contributed by atoms with Crippen LogP contribution >= 0.6 is 0 Å². The molecule has 0 aromatic carbocycles. The Balaban J connectivity index is 2.24. The van der Waals surface area contributed by atoms with E-state index in [1.807, 2.05) is 17.9 Å². The summed E-state index contributed by atoms with van der Waals surface area (Å²) < 4.78 is 0. The first kappa shape index (κ1) is 11.8. The molecule has 0 radical (unpaired) electrons. The third-order valence-electron chi connectivity index (χ3n) is 2.87. The third kappa shape index (κ3) is 2.52. The minimum atomic E-state index is -0.218. The number of nitrogens with one attached hydrogen (secondary N) is 2. The third-order valence-corrected chi connectivity index (χ3v) is 2.87. The zero-order valence-corrected chi connectivity index (χ0v) is 10.1. The van der Waals surface area contributed by atoms with Crippen molar-refractivity contribution in [3.05, 3.63) is 17.8 Å². The molecule has 0 bridgehead atoms. The Morgan fingerprint density at radius 1 is 1.65 bits per heavy atom. The molecular weight excluding hydrogens is 218 g/mol. The van der Waals surface area contributed by atoms with Crippen molar-refractivity contribution in [2.24, 2.45) is 0 Å². The molecule has 0 aliphatic carbocycles. The summed E-state index contributed by atoms with van der Waals surface area (Å²) in [4.78, 5) is 13.8. The SMILES string of the molecule is CNC(=O)C1CNCCN1c1cc(C)cnn1. The number of likely N-dealkylation sites (N-methyl/N-ethyl adjacent to an activating group) is 1. The van der Waals surface area contributed by atoms with Crippen LogP contribution in [0.4, 0.5) is 5.82 Å². The zero-order chi connectivity index (χ0) is 12.3. The Hall–Kier alpha value is -1.69. The highest BCUT2D eigenvalue weighted by molar-refractivity contribution is 5.85. The van der Waals surface area contributed by atoms with E-state index in [1.54, 1.807) is 13.2 Å². The Kier molecular flexibility index (Phi) is 3.53. The molecule has 2 rings (SSSR count). The average Bonchev–Trinajstić information content (AvgIpc) is 2.38. The zero-order valence-electron chi connectivity index (χ0n) is 10.1. The molecule has 1 saturated heterocycles. The Labute approximate surface area is 100 Å². The van der Waals surface area contributed by atoms with Crippen LogP contribution in [0, 0.1) is 6.92 Å². The van der Waals surface area contributed by atoms with E-state index in [0.717, 1.165) is 24.5 Å². The topological polar surface area (TPSA) is 70.2 Å². The Bertz CT molecular complexity index is 409. The van der Waals surface area contributed by atoms with Crippen LogP contribution in [0.1, 0.15) is 5.56 Å². The summed E-state index contributed by atoms with van der Waals surface area (Å²) in [5, 5.41) is 13.9. The fourth-order valence-corrected chi connectivity index (χ4v) is 1.97. The molecule has 0 saturated carbocycles. The van der Waals surface area contributed by atoms with Gasteiger partial charge in [0.05, 0.1) is 6.20 Å². The van der Waals surface area contributed by atoms with Crippen LogP contribution in [-0.4, -0.2) is 48.8 Å². The van der Waals surface area contributed by atoms with E-state index < -0.39 is 0 Å². The maximum Gasteiger partial charge on any atom is 0.243 e. The van der Waals surface area contributed by atoms with Gasteiger partial charge in [-0.3, -0.25) is 4.79 Å². The lowest BCUT2D eigenvalue weighted by atomic mass is 10.1. The number of carbonyl (C=O) groups excluding carboxylic acids is 1. The number of amides is 1. The van der Waals surface area contributed by atoms with Gasteiger partial charge in [0, 0.05) is 26.7 Å². The van der Waals surface area contributed by atoms with Crippen molar-refractivity contribution in [1.29, 1.82) is 0 Å². The molecule has 1 aliphatic heterocycles. The van der Waals surface area contributed by atoms with Gasteiger partial charge in [0.25, 0.3) is 0 Å². The van der Waals surface area contributed by atoms with E-state index in [0.29, 0.717) is 6.54 Å². The summed E-state index contributed by atoms with van der Waals surface area (Å²) in [7, 11) is 1.65. The highest BCUT2D eigenvalue weighted by Gasteiger charge is 2.28. The van der Waals surface area contributed by atoms with Gasteiger partial charge < -0.3 is 15.5 Å². The van der Waals surface area contributed by atoms with E-state index >= 15 is 0 Å². The number of hydrogen-bond acceptors (Lipinski definition) is 5. The summed E-state index contributed by atoms with van der Waals surface area (Å²) in [6.07, 6.45) is 1.71. The average molecular weight is 235 g/mol. The summed E-state index contributed by atoms with van der Waals surface area (Å²) >= 11 is 0. The smallest absolute Gasteiger partial charge is 0.243 e. The molecule has 17 heavy (non-hydrogen) atoms. The first-order valence-electron chi connectivity index (χ1n) is 5.70. The summed E-state index contributed by atoms with van der Waals surface area (Å²) in [6.45, 7) is 4.21. The van der Waals surface area contributed by atoms with E-state index in [4.69, 9.17) is 0 Å². The standard InChI is InChI=1S/C11H17N5O/c1-8-5-10(15-14-6-8)16-4-3-13-7-9(16)11(17)12-2/h5-6,9,13H,3-4,7H2,1-2H3,(H,12,17). The van der Waals surface area contributed by atoms with Crippen molar-refractivity contribution in [2.75, 3.05) is 31.6 Å². The molecule has 1 atom stereocenters. The van der Waals surface area contributed by atoms with Gasteiger partial charge in [-0.2, -0.15) is 5.10 Å². The van der Waals surface area contributed by atoms with Crippen molar-refractivity contribution in [3.63, 3.8) is 0 Å². The maximum atomic E-state index is 11.8. The molecule has 2 N–H and O–H groups in total. The van der Waals surface area contributed by atoms with Crippen LogP contribution in [0.15, 0.2) is 12.3 Å². The molecular formula is C11H17N5O. The lowest BCUT2D eigenvalue weighted by Gasteiger charge is -2.35. The first-order chi connectivity index (χ1) is 8.22. The van der Waals surface area contributed by atoms with Gasteiger partial charge in [-0.25, -0.2) is 0 Å². The van der Waals surface area contributed by atoms with E-state index in [9.17, 15) is 4.79 Å². The molecule has 1 aliphatic rings. The fourth-order valence-electron chi connectivity index (χ4n) is 1.97. The van der Waals surface area contributed by atoms with E-state index in [2.05, 4.69) is 20.8 Å². The Morgan fingerprint density at radius 3 is 3.18 bits per heavy atom. The predicted molar refractivity (Wildman–Crippen MR) is 64.8 cm³/mol. The van der Waals surface area contributed by atoms with Crippen molar-refractivity contribution < 1.29 is 4.79 Å². The van der Waals surface area contributed by atoms with Crippen LogP contribution in [0.2, 0.25) is 0 Å². The first-order valence-corrected chi connectivity index (χ1v) is 5.70. The minimum Gasteiger partial charge on any atom is -0.357 e. The quantitative estimate of drug-likeness (QED) is 0.710. The van der Waals surface area contributed by atoms with Gasteiger partial charge in [-0.15, -0.1) is 5.10 Å². The van der Waals surface area contributed by atoms with Crippen molar-refractivity contribution in [2.45, 2.75) is 13.0 Å². The van der Waals surface area contributed by atoms with Crippen LogP contribution in [0.25, 0.3) is 0 Å². The number of hydrogen-bond donors (Lipinski definition) is 2. The molecule has 1 fully saturated rings. The monoisotopic (exact) mass is 235 g/mol. The fraction of sp³-hybridized carbons (Fsp3) is 0.545. The lowest BCUT2D eigenvalue weighted by Crippen LogP contribution is -2.58. The number of nitrogens with zero attached hydrogens (tertiary/aromatic N) is 3.